The van der Waals surface area contributed by atoms with Crippen LogP contribution in [-0.4, -0.2) is 24.1 Å². The van der Waals surface area contributed by atoms with Crippen molar-refractivity contribution in [2.24, 2.45) is 0 Å². The van der Waals surface area contributed by atoms with Crippen LogP contribution in [0.4, 0.5) is 10.1 Å². The molecule has 0 bridgehead atoms. The van der Waals surface area contributed by atoms with Gasteiger partial charge in [0.1, 0.15) is 5.82 Å². The fraction of sp³-hybridized carbons (Fsp3) is 0.167. The first kappa shape index (κ1) is 21.6. The highest BCUT2D eigenvalue weighted by atomic mass is 32.2. The molecule has 0 saturated carbocycles. The minimum Gasteiger partial charge on any atom is -0.347 e. The molecule has 4 nitrogen and oxygen atoms in total. The molecule has 0 spiro atoms. The summed E-state index contributed by atoms with van der Waals surface area (Å²) in [6.07, 6.45) is 0.322. The number of carbonyl (C=O) groups excluding carboxylic acids is 2. The van der Waals surface area contributed by atoms with Crippen LogP contribution in [0.1, 0.15) is 12.0 Å². The van der Waals surface area contributed by atoms with Crippen LogP contribution in [-0.2, 0) is 15.3 Å². The molecule has 0 aliphatic rings. The molecule has 0 aliphatic carbocycles. The number of hydrogen-bond acceptors (Lipinski definition) is 3. The second-order valence-corrected chi connectivity index (χ2v) is 7.81. The number of carbonyl (C=O) groups is 2. The molecule has 2 amide bonds. The summed E-state index contributed by atoms with van der Waals surface area (Å²) in [5.74, 6) is 0.644. The second-order valence-electron chi connectivity index (χ2n) is 6.70. The lowest BCUT2D eigenvalue weighted by Gasteiger charge is -2.09. The summed E-state index contributed by atoms with van der Waals surface area (Å²) in [6, 6.07) is 23.8. The zero-order chi connectivity index (χ0) is 21.2. The molecule has 0 unspecified atom stereocenters. The number of amides is 2. The van der Waals surface area contributed by atoms with Crippen molar-refractivity contribution >= 4 is 29.3 Å². The van der Waals surface area contributed by atoms with Crippen LogP contribution in [0.2, 0.25) is 0 Å². The number of halogens is 1. The quantitative estimate of drug-likeness (QED) is 0.484. The Balaban J connectivity index is 1.37. The van der Waals surface area contributed by atoms with Gasteiger partial charge >= 0.3 is 0 Å². The van der Waals surface area contributed by atoms with E-state index in [9.17, 15) is 14.0 Å². The van der Waals surface area contributed by atoms with Crippen molar-refractivity contribution in [3.8, 4) is 11.1 Å². The highest BCUT2D eigenvalue weighted by Gasteiger charge is 2.07. The van der Waals surface area contributed by atoms with Crippen LogP contribution in [0.25, 0.3) is 11.1 Å². The first-order valence-corrected chi connectivity index (χ1v) is 10.8. The third-order valence-corrected chi connectivity index (χ3v) is 5.39. The monoisotopic (exact) mass is 422 g/mol. The van der Waals surface area contributed by atoms with E-state index in [1.165, 1.54) is 12.1 Å². The topological polar surface area (TPSA) is 58.2 Å². The van der Waals surface area contributed by atoms with Gasteiger partial charge in [-0.15, -0.1) is 0 Å². The molecule has 0 aliphatic heterocycles. The van der Waals surface area contributed by atoms with Crippen LogP contribution in [0, 0.1) is 5.82 Å². The Hall–Kier alpha value is -3.12. The van der Waals surface area contributed by atoms with E-state index in [0.29, 0.717) is 23.6 Å². The minimum atomic E-state index is -0.271. The number of nitrogens with one attached hydrogen (secondary N) is 2. The highest BCUT2D eigenvalue weighted by molar-refractivity contribution is 7.98. The first-order chi connectivity index (χ1) is 14.6. The van der Waals surface area contributed by atoms with Gasteiger partial charge in [-0.25, -0.2) is 4.39 Å². The van der Waals surface area contributed by atoms with Crippen molar-refractivity contribution < 1.29 is 14.0 Å². The smallest absolute Gasteiger partial charge is 0.243 e. The molecule has 0 aromatic heterocycles. The van der Waals surface area contributed by atoms with Crippen molar-refractivity contribution in [3.63, 3.8) is 0 Å². The first-order valence-electron chi connectivity index (χ1n) is 9.64. The predicted octanol–water partition coefficient (Wildman–Crippen LogP) is 4.87. The maximum atomic E-state index is 12.9. The van der Waals surface area contributed by atoms with E-state index in [1.54, 1.807) is 23.9 Å². The molecule has 0 saturated heterocycles. The number of benzene rings is 3. The zero-order valence-electron chi connectivity index (χ0n) is 16.4. The normalized spacial score (nSPS) is 10.4. The van der Waals surface area contributed by atoms with Crippen molar-refractivity contribution in [3.05, 3.63) is 90.2 Å². The lowest BCUT2D eigenvalue weighted by atomic mass is 10.1. The van der Waals surface area contributed by atoms with Gasteiger partial charge in [0, 0.05) is 23.6 Å². The van der Waals surface area contributed by atoms with Gasteiger partial charge in [-0.3, -0.25) is 9.59 Å². The number of thioether (sulfide) groups is 1. The molecule has 0 fully saturated rings. The van der Waals surface area contributed by atoms with Gasteiger partial charge in [-0.2, -0.15) is 11.8 Å². The fourth-order valence-corrected chi connectivity index (χ4v) is 3.72. The van der Waals surface area contributed by atoms with E-state index in [1.807, 2.05) is 54.6 Å². The molecule has 154 valence electrons. The lowest BCUT2D eigenvalue weighted by molar-refractivity contribution is -0.123. The third kappa shape index (κ3) is 7.04. The Kier molecular flexibility index (Phi) is 8.03. The number of hydrogen-bond donors (Lipinski definition) is 2. The molecule has 0 atom stereocenters. The molecule has 3 rings (SSSR count). The van der Waals surface area contributed by atoms with Crippen LogP contribution in [0.15, 0.2) is 78.9 Å². The largest absolute Gasteiger partial charge is 0.347 e. The van der Waals surface area contributed by atoms with Crippen molar-refractivity contribution in [2.45, 2.75) is 12.2 Å². The van der Waals surface area contributed by atoms with Gasteiger partial charge in [0.05, 0.1) is 6.54 Å². The summed E-state index contributed by atoms with van der Waals surface area (Å²) in [7, 11) is 0. The fourth-order valence-electron chi connectivity index (χ4n) is 2.82. The number of anilines is 1. The maximum Gasteiger partial charge on any atom is 0.243 e. The molecule has 0 radical (unpaired) electrons. The van der Waals surface area contributed by atoms with Crippen molar-refractivity contribution in [1.82, 2.24) is 5.32 Å². The molecule has 3 aromatic rings. The van der Waals surface area contributed by atoms with Gasteiger partial charge in [0.25, 0.3) is 0 Å². The summed E-state index contributed by atoms with van der Waals surface area (Å²) in [4.78, 5) is 24.1. The lowest BCUT2D eigenvalue weighted by Crippen LogP contribution is -2.33. The van der Waals surface area contributed by atoms with E-state index >= 15 is 0 Å². The van der Waals surface area contributed by atoms with E-state index in [-0.39, 0.29) is 24.2 Å². The average Bonchev–Trinajstić information content (AvgIpc) is 2.77. The Labute approximate surface area is 179 Å². The summed E-state index contributed by atoms with van der Waals surface area (Å²) < 4.78 is 12.9. The summed E-state index contributed by atoms with van der Waals surface area (Å²) in [5, 5.41) is 5.45. The molecule has 30 heavy (non-hydrogen) atoms. The van der Waals surface area contributed by atoms with Crippen molar-refractivity contribution in [1.29, 1.82) is 0 Å². The van der Waals surface area contributed by atoms with Crippen LogP contribution in [0.3, 0.4) is 0 Å². The SMILES string of the molecule is O=C(CCSCc1ccc(F)cc1)NCC(=O)Nc1cccc(-c2ccccc2)c1. The Morgan fingerprint density at radius 1 is 0.833 bits per heavy atom. The molecule has 2 N–H and O–H groups in total. The van der Waals surface area contributed by atoms with E-state index in [2.05, 4.69) is 10.6 Å². The minimum absolute atomic E-state index is 0.0724. The highest BCUT2D eigenvalue weighted by Crippen LogP contribution is 2.22. The summed E-state index contributed by atoms with van der Waals surface area (Å²) in [6.45, 7) is -0.0724. The van der Waals surface area contributed by atoms with E-state index in [4.69, 9.17) is 0 Å². The van der Waals surface area contributed by atoms with Gasteiger partial charge in [-0.1, -0.05) is 54.6 Å². The second kappa shape index (κ2) is 11.2. The Bertz CT molecular complexity index is 978. The number of rotatable bonds is 9. The van der Waals surface area contributed by atoms with Crippen molar-refractivity contribution in [2.75, 3.05) is 17.6 Å². The van der Waals surface area contributed by atoms with Gasteiger partial charge in [0.2, 0.25) is 11.8 Å². The van der Waals surface area contributed by atoms with Crippen LogP contribution >= 0.6 is 11.8 Å². The standard InChI is InChI=1S/C24H23FN2O2S/c25-21-11-9-18(10-12-21)17-30-14-13-23(28)26-16-24(29)27-22-8-4-7-20(15-22)19-5-2-1-3-6-19/h1-12,15H,13-14,16-17H2,(H,26,28)(H,27,29). The molecular weight excluding hydrogens is 399 g/mol. The zero-order valence-corrected chi connectivity index (χ0v) is 17.3. The van der Waals surface area contributed by atoms with Gasteiger partial charge in [-0.05, 0) is 41.0 Å². The molecule has 3 aromatic carbocycles. The molecule has 0 heterocycles. The molecule has 6 heteroatoms. The Morgan fingerprint density at radius 3 is 2.33 bits per heavy atom. The van der Waals surface area contributed by atoms with Crippen LogP contribution in [0.5, 0.6) is 0 Å². The maximum absolute atomic E-state index is 12.9. The van der Waals surface area contributed by atoms with Gasteiger partial charge in [0.15, 0.2) is 0 Å². The Morgan fingerprint density at radius 2 is 1.57 bits per heavy atom. The summed E-state index contributed by atoms with van der Waals surface area (Å²) >= 11 is 1.59. The van der Waals surface area contributed by atoms with E-state index < -0.39 is 0 Å². The van der Waals surface area contributed by atoms with Gasteiger partial charge < -0.3 is 10.6 Å². The third-order valence-electron chi connectivity index (χ3n) is 4.36. The predicted molar refractivity (Wildman–Crippen MR) is 121 cm³/mol. The average molecular weight is 423 g/mol. The van der Waals surface area contributed by atoms with Crippen LogP contribution < -0.4 is 10.6 Å². The molecular formula is C24H23FN2O2S. The van der Waals surface area contributed by atoms with E-state index in [0.717, 1.165) is 16.7 Å². The summed E-state index contributed by atoms with van der Waals surface area (Å²) in [5.41, 5.74) is 3.78.